The number of halogens is 2. The highest BCUT2D eigenvalue weighted by molar-refractivity contribution is 5.69. The molecule has 0 aliphatic heterocycles. The summed E-state index contributed by atoms with van der Waals surface area (Å²) in [7, 11) is 0. The number of nitrogens with two attached hydrogens (primary N) is 1. The standard InChI is InChI=1S/C12H12F2N4O2/c13-12(14,9-4-2-1-3-5-9)7-20-10(19)6-18-8-16-11(15)17-18/h1-5,8H,6-7H2,(H2,15,17). The van der Waals surface area contributed by atoms with Crippen molar-refractivity contribution in [2.45, 2.75) is 12.5 Å². The predicted octanol–water partition coefficient (Wildman–Crippen LogP) is 1.20. The molecule has 106 valence electrons. The number of nitrogen functional groups attached to an aromatic ring is 1. The molecule has 1 aromatic carbocycles. The summed E-state index contributed by atoms with van der Waals surface area (Å²) < 4.78 is 33.1. The Bertz CT molecular complexity index is 586. The molecule has 0 aliphatic carbocycles. The van der Waals surface area contributed by atoms with E-state index >= 15 is 0 Å². The Kier molecular flexibility index (Phi) is 3.92. The second kappa shape index (κ2) is 5.64. The van der Waals surface area contributed by atoms with Crippen LogP contribution in [0.4, 0.5) is 14.7 Å². The van der Waals surface area contributed by atoms with Crippen LogP contribution in [-0.4, -0.2) is 27.3 Å². The highest BCUT2D eigenvalue weighted by Crippen LogP contribution is 2.27. The quantitative estimate of drug-likeness (QED) is 0.833. The number of benzene rings is 1. The molecular formula is C12H12F2N4O2. The van der Waals surface area contributed by atoms with Gasteiger partial charge < -0.3 is 10.5 Å². The number of carbonyl (C=O) groups excluding carboxylic acids is 1. The fourth-order valence-electron chi connectivity index (χ4n) is 1.50. The van der Waals surface area contributed by atoms with Crippen molar-refractivity contribution in [1.82, 2.24) is 14.8 Å². The van der Waals surface area contributed by atoms with Crippen molar-refractivity contribution < 1.29 is 18.3 Å². The van der Waals surface area contributed by atoms with Gasteiger partial charge in [0.05, 0.1) is 0 Å². The molecule has 0 amide bonds. The molecule has 2 N–H and O–H groups in total. The lowest BCUT2D eigenvalue weighted by molar-refractivity contribution is -0.157. The minimum atomic E-state index is -3.24. The molecule has 8 heteroatoms. The van der Waals surface area contributed by atoms with Crippen molar-refractivity contribution in [2.24, 2.45) is 0 Å². The van der Waals surface area contributed by atoms with Crippen LogP contribution in [0.15, 0.2) is 36.7 Å². The van der Waals surface area contributed by atoms with Gasteiger partial charge in [-0.1, -0.05) is 30.3 Å². The third-order valence-electron chi connectivity index (χ3n) is 2.46. The van der Waals surface area contributed by atoms with Crippen LogP contribution in [-0.2, 0) is 22.0 Å². The second-order valence-electron chi connectivity index (χ2n) is 4.03. The van der Waals surface area contributed by atoms with Crippen molar-refractivity contribution in [3.63, 3.8) is 0 Å². The van der Waals surface area contributed by atoms with Crippen LogP contribution in [0.5, 0.6) is 0 Å². The van der Waals surface area contributed by atoms with Gasteiger partial charge in [-0.25, -0.2) is 9.67 Å². The average molecular weight is 282 g/mol. The van der Waals surface area contributed by atoms with Crippen LogP contribution >= 0.6 is 0 Å². The fraction of sp³-hybridized carbons (Fsp3) is 0.250. The molecule has 0 fully saturated rings. The number of hydrogen-bond acceptors (Lipinski definition) is 5. The summed E-state index contributed by atoms with van der Waals surface area (Å²) in [4.78, 5) is 15.0. The van der Waals surface area contributed by atoms with Gasteiger partial charge in [0, 0.05) is 5.56 Å². The number of rotatable bonds is 5. The zero-order valence-corrected chi connectivity index (χ0v) is 10.4. The molecule has 0 saturated heterocycles. The van der Waals surface area contributed by atoms with E-state index in [1.807, 2.05) is 0 Å². The number of hydrogen-bond donors (Lipinski definition) is 1. The molecule has 1 aromatic heterocycles. The van der Waals surface area contributed by atoms with Crippen LogP contribution in [0.2, 0.25) is 0 Å². The Morgan fingerprint density at radius 3 is 2.65 bits per heavy atom. The van der Waals surface area contributed by atoms with Crippen molar-refractivity contribution >= 4 is 11.9 Å². The molecule has 0 saturated carbocycles. The van der Waals surface area contributed by atoms with Gasteiger partial charge in [-0.15, -0.1) is 5.10 Å². The molecule has 0 aliphatic rings. The predicted molar refractivity (Wildman–Crippen MR) is 65.7 cm³/mol. The largest absolute Gasteiger partial charge is 0.457 e. The van der Waals surface area contributed by atoms with E-state index in [9.17, 15) is 13.6 Å². The van der Waals surface area contributed by atoms with Gasteiger partial charge in [-0.05, 0) is 0 Å². The molecule has 1 heterocycles. The Morgan fingerprint density at radius 2 is 2.05 bits per heavy atom. The van der Waals surface area contributed by atoms with Crippen LogP contribution in [0.1, 0.15) is 5.56 Å². The fourth-order valence-corrected chi connectivity index (χ4v) is 1.50. The van der Waals surface area contributed by atoms with Crippen LogP contribution in [0.25, 0.3) is 0 Å². The van der Waals surface area contributed by atoms with E-state index in [4.69, 9.17) is 5.73 Å². The molecule has 0 bridgehead atoms. The average Bonchev–Trinajstić information content (AvgIpc) is 2.83. The lowest BCUT2D eigenvalue weighted by atomic mass is 10.1. The summed E-state index contributed by atoms with van der Waals surface area (Å²) in [6.07, 6.45) is 1.21. The summed E-state index contributed by atoms with van der Waals surface area (Å²) in [5.41, 5.74) is 5.05. The lowest BCUT2D eigenvalue weighted by Crippen LogP contribution is -2.25. The van der Waals surface area contributed by atoms with Gasteiger partial charge in [0.15, 0.2) is 6.61 Å². The number of anilines is 1. The maximum absolute atomic E-state index is 13.7. The third kappa shape index (κ3) is 3.50. The van der Waals surface area contributed by atoms with Crippen molar-refractivity contribution in [3.8, 4) is 0 Å². The highest BCUT2D eigenvalue weighted by atomic mass is 19.3. The van der Waals surface area contributed by atoms with Gasteiger partial charge in [-0.2, -0.15) is 8.78 Å². The van der Waals surface area contributed by atoms with E-state index in [0.29, 0.717) is 0 Å². The van der Waals surface area contributed by atoms with E-state index < -0.39 is 18.5 Å². The summed E-state index contributed by atoms with van der Waals surface area (Å²) in [6.45, 7) is -1.35. The lowest BCUT2D eigenvalue weighted by Gasteiger charge is -2.16. The van der Waals surface area contributed by atoms with Crippen LogP contribution in [0, 0.1) is 0 Å². The van der Waals surface area contributed by atoms with Crippen LogP contribution < -0.4 is 5.73 Å². The van der Waals surface area contributed by atoms with Crippen molar-refractivity contribution in [2.75, 3.05) is 12.3 Å². The highest BCUT2D eigenvalue weighted by Gasteiger charge is 2.33. The Morgan fingerprint density at radius 1 is 1.35 bits per heavy atom. The minimum absolute atomic E-state index is 0.00702. The molecule has 0 spiro atoms. The third-order valence-corrected chi connectivity index (χ3v) is 2.46. The van der Waals surface area contributed by atoms with Gasteiger partial charge >= 0.3 is 11.9 Å². The zero-order chi connectivity index (χ0) is 14.6. The first-order chi connectivity index (χ1) is 9.47. The topological polar surface area (TPSA) is 83.0 Å². The van der Waals surface area contributed by atoms with Crippen LogP contribution in [0.3, 0.4) is 0 Å². The Hall–Kier alpha value is -2.51. The first-order valence-corrected chi connectivity index (χ1v) is 5.71. The Balaban J connectivity index is 1.89. The molecule has 20 heavy (non-hydrogen) atoms. The maximum Gasteiger partial charge on any atom is 0.328 e. The number of ether oxygens (including phenoxy) is 1. The van der Waals surface area contributed by atoms with E-state index in [2.05, 4.69) is 14.8 Å². The van der Waals surface area contributed by atoms with E-state index in [1.165, 1.54) is 30.6 Å². The molecular weight excluding hydrogens is 270 g/mol. The summed E-state index contributed by atoms with van der Waals surface area (Å²) in [5, 5.41) is 3.65. The van der Waals surface area contributed by atoms with E-state index in [1.54, 1.807) is 6.07 Å². The number of aromatic nitrogens is 3. The summed E-state index contributed by atoms with van der Waals surface area (Å²) in [5.74, 6) is -4.09. The number of nitrogens with zero attached hydrogens (tertiary/aromatic N) is 3. The monoisotopic (exact) mass is 282 g/mol. The zero-order valence-electron chi connectivity index (χ0n) is 10.4. The number of alkyl halides is 2. The summed E-state index contributed by atoms with van der Waals surface area (Å²) >= 11 is 0. The minimum Gasteiger partial charge on any atom is -0.457 e. The normalized spacial score (nSPS) is 11.3. The molecule has 2 rings (SSSR count). The summed E-state index contributed by atoms with van der Waals surface area (Å²) in [6, 6.07) is 7.14. The van der Waals surface area contributed by atoms with E-state index in [-0.39, 0.29) is 18.1 Å². The van der Waals surface area contributed by atoms with Crippen molar-refractivity contribution in [3.05, 3.63) is 42.2 Å². The number of esters is 1. The molecule has 0 radical (unpaired) electrons. The van der Waals surface area contributed by atoms with E-state index in [0.717, 1.165) is 4.68 Å². The first kappa shape index (κ1) is 13.9. The maximum atomic E-state index is 13.7. The van der Waals surface area contributed by atoms with Gasteiger partial charge in [0.2, 0.25) is 5.95 Å². The molecule has 2 aromatic rings. The molecule has 6 nitrogen and oxygen atoms in total. The number of carbonyl (C=O) groups is 1. The van der Waals surface area contributed by atoms with Gasteiger partial charge in [0.1, 0.15) is 12.9 Å². The van der Waals surface area contributed by atoms with Gasteiger partial charge in [-0.3, -0.25) is 4.79 Å². The van der Waals surface area contributed by atoms with Crippen molar-refractivity contribution in [1.29, 1.82) is 0 Å². The molecule has 0 unspecified atom stereocenters. The SMILES string of the molecule is Nc1ncn(CC(=O)OCC(F)(F)c2ccccc2)n1. The Labute approximate surface area is 113 Å². The second-order valence-corrected chi connectivity index (χ2v) is 4.03. The first-order valence-electron chi connectivity index (χ1n) is 5.71. The smallest absolute Gasteiger partial charge is 0.328 e. The van der Waals surface area contributed by atoms with Gasteiger partial charge in [0.25, 0.3) is 0 Å². The molecule has 0 atom stereocenters.